The highest BCUT2D eigenvalue weighted by Crippen LogP contribution is 2.25. The first-order valence-corrected chi connectivity index (χ1v) is 11.0. The van der Waals surface area contributed by atoms with Gasteiger partial charge in [-0.25, -0.2) is 9.97 Å². The molecule has 4 aromatic rings. The highest BCUT2D eigenvalue weighted by Gasteiger charge is 2.23. The van der Waals surface area contributed by atoms with E-state index in [9.17, 15) is 0 Å². The fourth-order valence-electron chi connectivity index (χ4n) is 3.93. The van der Waals surface area contributed by atoms with E-state index < -0.39 is 0 Å². The van der Waals surface area contributed by atoms with Crippen molar-refractivity contribution in [1.82, 2.24) is 29.8 Å². The normalized spacial score (nSPS) is 15.2. The van der Waals surface area contributed by atoms with Crippen LogP contribution in [-0.2, 0) is 4.74 Å². The fraction of sp³-hybridized carbons (Fsp3) is 0.240. The quantitative estimate of drug-likeness (QED) is 0.468. The van der Waals surface area contributed by atoms with E-state index in [0.717, 1.165) is 49.1 Å². The average molecular weight is 440 g/mol. The molecule has 0 amide bonds. The number of hydrogen-bond acceptors (Lipinski definition) is 8. The van der Waals surface area contributed by atoms with E-state index in [2.05, 4.69) is 31.2 Å². The largest absolute Gasteiger partial charge is 0.379 e. The molecule has 33 heavy (non-hydrogen) atoms. The zero-order chi connectivity index (χ0) is 22.3. The summed E-state index contributed by atoms with van der Waals surface area (Å²) in [4.78, 5) is 25.0. The van der Waals surface area contributed by atoms with Gasteiger partial charge in [-0.1, -0.05) is 12.1 Å². The molecule has 0 aromatic carbocycles. The van der Waals surface area contributed by atoms with E-state index in [-0.39, 0.29) is 6.04 Å². The van der Waals surface area contributed by atoms with Gasteiger partial charge in [-0.2, -0.15) is 0 Å². The lowest BCUT2D eigenvalue weighted by atomic mass is 10.1. The first-order chi connectivity index (χ1) is 16.4. The van der Waals surface area contributed by atoms with Gasteiger partial charge in [0.2, 0.25) is 0 Å². The zero-order valence-corrected chi connectivity index (χ0v) is 18.2. The Balaban J connectivity index is 1.46. The summed E-state index contributed by atoms with van der Waals surface area (Å²) in [6.07, 6.45) is 9.05. The average Bonchev–Trinajstić information content (AvgIpc) is 2.91. The molecule has 1 atom stereocenters. The predicted molar refractivity (Wildman–Crippen MR) is 126 cm³/mol. The van der Waals surface area contributed by atoms with Crippen molar-refractivity contribution in [1.29, 1.82) is 0 Å². The van der Waals surface area contributed by atoms with Gasteiger partial charge in [0.15, 0.2) is 5.82 Å². The van der Waals surface area contributed by atoms with Crippen molar-refractivity contribution in [3.8, 4) is 22.8 Å². The smallest absolute Gasteiger partial charge is 0.180 e. The minimum atomic E-state index is 0.151. The molecule has 5 rings (SSSR count). The number of morpholine rings is 1. The molecule has 5 heterocycles. The molecule has 1 unspecified atom stereocenters. The second kappa shape index (κ2) is 10.2. The first-order valence-electron chi connectivity index (χ1n) is 11.0. The van der Waals surface area contributed by atoms with E-state index in [4.69, 9.17) is 14.7 Å². The van der Waals surface area contributed by atoms with Crippen LogP contribution in [-0.4, -0.2) is 62.7 Å². The van der Waals surface area contributed by atoms with Crippen molar-refractivity contribution >= 4 is 5.82 Å². The molecule has 0 bridgehead atoms. The van der Waals surface area contributed by atoms with Crippen LogP contribution in [0, 0.1) is 0 Å². The number of hydrogen-bond donors (Lipinski definition) is 1. The number of aromatic nitrogens is 5. The third-order valence-corrected chi connectivity index (χ3v) is 5.61. The molecule has 8 nitrogen and oxygen atoms in total. The summed E-state index contributed by atoms with van der Waals surface area (Å²) in [7, 11) is 0. The Morgan fingerprint density at radius 2 is 1.73 bits per heavy atom. The topological polar surface area (TPSA) is 89.0 Å². The van der Waals surface area contributed by atoms with Gasteiger partial charge in [0.25, 0.3) is 0 Å². The van der Waals surface area contributed by atoms with Gasteiger partial charge in [0.1, 0.15) is 11.5 Å². The SMILES string of the molecule is c1ccc(-c2nc(NCC(c3cccnc3)N3CCOCC3)cc(-c3cccnc3)n2)nc1. The van der Waals surface area contributed by atoms with Crippen molar-refractivity contribution in [2.75, 3.05) is 38.2 Å². The number of pyridine rings is 3. The van der Waals surface area contributed by atoms with Crippen molar-refractivity contribution < 1.29 is 4.74 Å². The summed E-state index contributed by atoms with van der Waals surface area (Å²) in [5, 5.41) is 3.55. The summed E-state index contributed by atoms with van der Waals surface area (Å²) in [5.74, 6) is 1.32. The third kappa shape index (κ3) is 5.19. The standard InChI is InChI=1S/C25H25N7O/c1-2-10-28-21(7-1)25-30-22(19-5-3-8-26-16-19)15-24(31-25)29-18-23(20-6-4-9-27-17-20)32-11-13-33-14-12-32/h1-10,15-17,23H,11-14,18H2,(H,29,30,31). The maximum atomic E-state index is 5.57. The van der Waals surface area contributed by atoms with Gasteiger partial charge < -0.3 is 10.1 Å². The van der Waals surface area contributed by atoms with Gasteiger partial charge in [0.05, 0.1) is 24.9 Å². The highest BCUT2D eigenvalue weighted by molar-refractivity contribution is 5.65. The van der Waals surface area contributed by atoms with E-state index in [1.54, 1.807) is 24.8 Å². The molecule has 0 aliphatic carbocycles. The van der Waals surface area contributed by atoms with Crippen LogP contribution >= 0.6 is 0 Å². The molecular weight excluding hydrogens is 414 g/mol. The Labute approximate surface area is 192 Å². The number of rotatable bonds is 7. The van der Waals surface area contributed by atoms with Crippen LogP contribution in [0.25, 0.3) is 22.8 Å². The Kier molecular flexibility index (Phi) is 6.56. The Hall–Kier alpha value is -3.75. The summed E-state index contributed by atoms with van der Waals surface area (Å²) in [6, 6.07) is 15.8. The fourth-order valence-corrected chi connectivity index (χ4v) is 3.93. The molecule has 1 fully saturated rings. The van der Waals surface area contributed by atoms with Crippen LogP contribution in [0.1, 0.15) is 11.6 Å². The van der Waals surface area contributed by atoms with Gasteiger partial charge >= 0.3 is 0 Å². The minimum absolute atomic E-state index is 0.151. The Morgan fingerprint density at radius 3 is 2.45 bits per heavy atom. The molecular formula is C25H25N7O. The van der Waals surface area contributed by atoms with Crippen LogP contribution in [0.5, 0.6) is 0 Å². The summed E-state index contributed by atoms with van der Waals surface area (Å²) >= 11 is 0. The number of nitrogens with zero attached hydrogens (tertiary/aromatic N) is 6. The van der Waals surface area contributed by atoms with Crippen LogP contribution < -0.4 is 5.32 Å². The number of anilines is 1. The third-order valence-electron chi connectivity index (χ3n) is 5.61. The van der Waals surface area contributed by atoms with E-state index in [0.29, 0.717) is 12.4 Å². The van der Waals surface area contributed by atoms with Gasteiger partial charge in [0, 0.05) is 62.2 Å². The molecule has 1 saturated heterocycles. The van der Waals surface area contributed by atoms with Crippen LogP contribution in [0.4, 0.5) is 5.82 Å². The number of ether oxygens (including phenoxy) is 1. The zero-order valence-electron chi connectivity index (χ0n) is 18.2. The van der Waals surface area contributed by atoms with Gasteiger partial charge in [-0.15, -0.1) is 0 Å². The molecule has 0 saturated carbocycles. The molecule has 4 aromatic heterocycles. The summed E-state index contributed by atoms with van der Waals surface area (Å²) in [6.45, 7) is 3.91. The van der Waals surface area contributed by atoms with Crippen molar-refractivity contribution in [2.45, 2.75) is 6.04 Å². The molecule has 1 aliphatic rings. The summed E-state index contributed by atoms with van der Waals surface area (Å²) < 4.78 is 5.57. The molecule has 0 radical (unpaired) electrons. The number of nitrogens with one attached hydrogen (secondary N) is 1. The maximum Gasteiger partial charge on any atom is 0.180 e. The maximum absolute atomic E-state index is 5.57. The molecule has 0 spiro atoms. The molecule has 166 valence electrons. The van der Waals surface area contributed by atoms with Crippen molar-refractivity contribution in [3.05, 3.63) is 85.1 Å². The van der Waals surface area contributed by atoms with Crippen LogP contribution in [0.3, 0.4) is 0 Å². The summed E-state index contributed by atoms with van der Waals surface area (Å²) in [5.41, 5.74) is 3.62. The lowest BCUT2D eigenvalue weighted by Crippen LogP contribution is -2.41. The molecule has 1 N–H and O–H groups in total. The van der Waals surface area contributed by atoms with Crippen LogP contribution in [0.2, 0.25) is 0 Å². The highest BCUT2D eigenvalue weighted by atomic mass is 16.5. The van der Waals surface area contributed by atoms with E-state index in [1.807, 2.05) is 48.7 Å². The predicted octanol–water partition coefficient (Wildman–Crippen LogP) is 3.48. The lowest BCUT2D eigenvalue weighted by Gasteiger charge is -2.34. The second-order valence-corrected chi connectivity index (χ2v) is 7.75. The Bertz CT molecular complexity index is 1100. The van der Waals surface area contributed by atoms with Gasteiger partial charge in [-0.3, -0.25) is 19.9 Å². The van der Waals surface area contributed by atoms with Crippen molar-refractivity contribution in [3.63, 3.8) is 0 Å². The van der Waals surface area contributed by atoms with E-state index >= 15 is 0 Å². The monoisotopic (exact) mass is 439 g/mol. The van der Waals surface area contributed by atoms with Crippen LogP contribution in [0.15, 0.2) is 79.5 Å². The lowest BCUT2D eigenvalue weighted by molar-refractivity contribution is 0.0186. The molecule has 1 aliphatic heterocycles. The Morgan fingerprint density at radius 1 is 0.879 bits per heavy atom. The second-order valence-electron chi connectivity index (χ2n) is 7.75. The first kappa shape index (κ1) is 21.1. The van der Waals surface area contributed by atoms with E-state index in [1.165, 1.54) is 5.56 Å². The molecule has 8 heteroatoms. The van der Waals surface area contributed by atoms with Gasteiger partial charge in [-0.05, 0) is 35.9 Å². The minimum Gasteiger partial charge on any atom is -0.379 e. The van der Waals surface area contributed by atoms with Crippen molar-refractivity contribution in [2.24, 2.45) is 0 Å².